The third-order valence-electron chi connectivity index (χ3n) is 3.99. The molecule has 0 saturated carbocycles. The maximum absolute atomic E-state index is 12.7. The van der Waals surface area contributed by atoms with Crippen LogP contribution in [0.15, 0.2) is 48.5 Å². The second kappa shape index (κ2) is 6.12. The Morgan fingerprint density at radius 1 is 1.09 bits per heavy atom. The summed E-state index contributed by atoms with van der Waals surface area (Å²) in [5.41, 5.74) is 2.40. The van der Waals surface area contributed by atoms with Crippen molar-refractivity contribution in [1.82, 2.24) is 0 Å². The molecule has 0 spiro atoms. The molecule has 1 aliphatic heterocycles. The molecule has 1 unspecified atom stereocenters. The van der Waals surface area contributed by atoms with Gasteiger partial charge in [-0.15, -0.1) is 0 Å². The van der Waals surface area contributed by atoms with Crippen LogP contribution in [0, 0.1) is 0 Å². The van der Waals surface area contributed by atoms with Crippen molar-refractivity contribution < 1.29 is 19.1 Å². The van der Waals surface area contributed by atoms with Gasteiger partial charge in [-0.2, -0.15) is 0 Å². The molecule has 1 atom stereocenters. The lowest BCUT2D eigenvalue weighted by Crippen LogP contribution is -2.31. The van der Waals surface area contributed by atoms with Gasteiger partial charge in [-0.05, 0) is 29.3 Å². The molecule has 0 fully saturated rings. The van der Waals surface area contributed by atoms with Crippen LogP contribution in [0.1, 0.15) is 17.0 Å². The van der Waals surface area contributed by atoms with Crippen LogP contribution in [0.3, 0.4) is 0 Å². The molecular formula is C18H17NO4. The number of carbonyl (C=O) groups excluding carboxylic acids is 2. The summed E-state index contributed by atoms with van der Waals surface area (Å²) in [5, 5.41) is 0. The van der Waals surface area contributed by atoms with E-state index >= 15 is 0 Å². The second-order valence-electron chi connectivity index (χ2n) is 5.29. The van der Waals surface area contributed by atoms with Gasteiger partial charge >= 0.3 is 5.97 Å². The Kier molecular flexibility index (Phi) is 4.02. The minimum absolute atomic E-state index is 0.256. The molecule has 0 aromatic heterocycles. The predicted octanol–water partition coefficient (Wildman–Crippen LogP) is 2.50. The zero-order chi connectivity index (χ0) is 16.4. The maximum Gasteiger partial charge on any atom is 0.322 e. The largest absolute Gasteiger partial charge is 0.497 e. The van der Waals surface area contributed by atoms with Gasteiger partial charge in [0, 0.05) is 5.69 Å². The van der Waals surface area contributed by atoms with Crippen LogP contribution in [-0.4, -0.2) is 26.1 Å². The number of hydrogen-bond donors (Lipinski definition) is 0. The first-order valence-electron chi connectivity index (χ1n) is 7.26. The van der Waals surface area contributed by atoms with E-state index in [1.165, 1.54) is 7.11 Å². The number of esters is 1. The van der Waals surface area contributed by atoms with E-state index in [0.29, 0.717) is 12.1 Å². The minimum Gasteiger partial charge on any atom is -0.497 e. The molecule has 0 saturated heterocycles. The van der Waals surface area contributed by atoms with Crippen molar-refractivity contribution in [1.29, 1.82) is 0 Å². The number of benzene rings is 2. The van der Waals surface area contributed by atoms with Gasteiger partial charge in [-0.1, -0.05) is 30.3 Å². The number of amides is 1. The lowest BCUT2D eigenvalue weighted by molar-refractivity contribution is -0.145. The van der Waals surface area contributed by atoms with E-state index in [1.807, 2.05) is 42.5 Å². The summed E-state index contributed by atoms with van der Waals surface area (Å²) in [7, 11) is 2.90. The monoisotopic (exact) mass is 311 g/mol. The summed E-state index contributed by atoms with van der Waals surface area (Å²) in [4.78, 5) is 26.3. The fraction of sp³-hybridized carbons (Fsp3) is 0.222. The highest BCUT2D eigenvalue weighted by atomic mass is 16.5. The number of nitrogens with zero attached hydrogens (tertiary/aromatic N) is 1. The molecule has 5 nitrogen and oxygen atoms in total. The van der Waals surface area contributed by atoms with E-state index in [-0.39, 0.29) is 5.91 Å². The summed E-state index contributed by atoms with van der Waals surface area (Å²) in [6.07, 6.45) is 0. The highest BCUT2D eigenvalue weighted by Crippen LogP contribution is 2.38. The summed E-state index contributed by atoms with van der Waals surface area (Å²) in [6.45, 7) is 0.396. The normalized spacial score (nSPS) is 16.2. The standard InChI is InChI=1S/C18H17NO4/c1-22-13-9-7-12(8-10-13)11-19-15-6-4-3-5-14(15)16(17(19)20)18(21)23-2/h3-10,16H,11H2,1-2H3. The Hall–Kier alpha value is -2.82. The van der Waals surface area contributed by atoms with Gasteiger partial charge in [-0.25, -0.2) is 0 Å². The highest BCUT2D eigenvalue weighted by Gasteiger charge is 2.42. The van der Waals surface area contributed by atoms with Gasteiger partial charge < -0.3 is 14.4 Å². The van der Waals surface area contributed by atoms with Crippen LogP contribution < -0.4 is 9.64 Å². The third-order valence-corrected chi connectivity index (χ3v) is 3.99. The Morgan fingerprint density at radius 2 is 1.78 bits per heavy atom. The van der Waals surface area contributed by atoms with E-state index in [0.717, 1.165) is 17.0 Å². The molecule has 5 heteroatoms. The van der Waals surface area contributed by atoms with E-state index in [1.54, 1.807) is 18.1 Å². The van der Waals surface area contributed by atoms with Crippen LogP contribution in [0.25, 0.3) is 0 Å². The van der Waals surface area contributed by atoms with Crippen molar-refractivity contribution in [2.24, 2.45) is 0 Å². The number of hydrogen-bond acceptors (Lipinski definition) is 4. The van der Waals surface area contributed by atoms with Gasteiger partial charge in [0.25, 0.3) is 0 Å². The minimum atomic E-state index is -0.880. The SMILES string of the molecule is COC(=O)C1C(=O)N(Cc2ccc(OC)cc2)c2ccccc21. The number of ether oxygens (including phenoxy) is 2. The first-order valence-corrected chi connectivity index (χ1v) is 7.26. The highest BCUT2D eigenvalue weighted by molar-refractivity contribution is 6.16. The molecule has 0 N–H and O–H groups in total. The molecule has 1 amide bonds. The van der Waals surface area contributed by atoms with E-state index in [9.17, 15) is 9.59 Å². The fourth-order valence-electron chi connectivity index (χ4n) is 2.81. The van der Waals surface area contributed by atoms with Crippen molar-refractivity contribution in [3.05, 3.63) is 59.7 Å². The number of anilines is 1. The zero-order valence-electron chi connectivity index (χ0n) is 13.0. The van der Waals surface area contributed by atoms with Crippen molar-refractivity contribution in [2.45, 2.75) is 12.5 Å². The number of para-hydroxylation sites is 1. The summed E-state index contributed by atoms with van der Waals surface area (Å²) < 4.78 is 9.93. The van der Waals surface area contributed by atoms with Gasteiger partial charge in [-0.3, -0.25) is 9.59 Å². The van der Waals surface area contributed by atoms with Crippen molar-refractivity contribution in [3.8, 4) is 5.75 Å². The van der Waals surface area contributed by atoms with E-state index in [2.05, 4.69) is 0 Å². The summed E-state index contributed by atoms with van der Waals surface area (Å²) >= 11 is 0. The van der Waals surface area contributed by atoms with Crippen molar-refractivity contribution in [3.63, 3.8) is 0 Å². The smallest absolute Gasteiger partial charge is 0.322 e. The molecule has 0 aliphatic carbocycles. The third kappa shape index (κ3) is 2.65. The average Bonchev–Trinajstić information content (AvgIpc) is 2.87. The van der Waals surface area contributed by atoms with Gasteiger partial charge in [0.15, 0.2) is 5.92 Å². The zero-order valence-corrected chi connectivity index (χ0v) is 13.0. The molecule has 0 bridgehead atoms. The van der Waals surface area contributed by atoms with Gasteiger partial charge in [0.1, 0.15) is 5.75 Å². The van der Waals surface area contributed by atoms with E-state index in [4.69, 9.17) is 9.47 Å². The molecule has 1 heterocycles. The molecule has 2 aromatic carbocycles. The second-order valence-corrected chi connectivity index (χ2v) is 5.29. The Bertz CT molecular complexity index is 739. The Balaban J connectivity index is 1.92. The van der Waals surface area contributed by atoms with Crippen LogP contribution in [0.4, 0.5) is 5.69 Å². The maximum atomic E-state index is 12.7. The lowest BCUT2D eigenvalue weighted by atomic mass is 10.0. The number of fused-ring (bicyclic) bond motifs is 1. The molecule has 118 valence electrons. The number of methoxy groups -OCH3 is 2. The fourth-order valence-corrected chi connectivity index (χ4v) is 2.81. The Morgan fingerprint density at radius 3 is 2.43 bits per heavy atom. The average molecular weight is 311 g/mol. The number of rotatable bonds is 4. The van der Waals surface area contributed by atoms with Gasteiger partial charge in [0.2, 0.25) is 5.91 Å². The first kappa shape index (κ1) is 15.1. The van der Waals surface area contributed by atoms with Crippen LogP contribution >= 0.6 is 0 Å². The van der Waals surface area contributed by atoms with E-state index < -0.39 is 11.9 Å². The quantitative estimate of drug-likeness (QED) is 0.643. The predicted molar refractivity (Wildman–Crippen MR) is 85.4 cm³/mol. The summed E-state index contributed by atoms with van der Waals surface area (Å²) in [5.74, 6) is -0.905. The molecule has 0 radical (unpaired) electrons. The molecular weight excluding hydrogens is 294 g/mol. The van der Waals surface area contributed by atoms with Crippen LogP contribution in [-0.2, 0) is 20.9 Å². The molecule has 3 rings (SSSR count). The van der Waals surface area contributed by atoms with Crippen molar-refractivity contribution >= 4 is 17.6 Å². The van der Waals surface area contributed by atoms with Crippen molar-refractivity contribution in [2.75, 3.05) is 19.1 Å². The lowest BCUT2D eigenvalue weighted by Gasteiger charge is -2.18. The first-order chi connectivity index (χ1) is 11.2. The Labute approximate surface area is 134 Å². The topological polar surface area (TPSA) is 55.8 Å². The number of carbonyl (C=O) groups is 2. The molecule has 1 aliphatic rings. The molecule has 23 heavy (non-hydrogen) atoms. The van der Waals surface area contributed by atoms with Crippen LogP contribution in [0.5, 0.6) is 5.75 Å². The van der Waals surface area contributed by atoms with Gasteiger partial charge in [0.05, 0.1) is 20.8 Å². The van der Waals surface area contributed by atoms with Crippen LogP contribution in [0.2, 0.25) is 0 Å². The summed E-state index contributed by atoms with van der Waals surface area (Å²) in [6, 6.07) is 14.8. The molecule has 2 aromatic rings.